The molecule has 2 aromatic carbocycles. The van der Waals surface area contributed by atoms with Crippen LogP contribution in [0.1, 0.15) is 35.2 Å². The average molecular weight is 455 g/mol. The number of amides is 1. The summed E-state index contributed by atoms with van der Waals surface area (Å²) >= 11 is 0. The van der Waals surface area contributed by atoms with E-state index in [2.05, 4.69) is 15.5 Å². The third kappa shape index (κ3) is 7.56. The van der Waals surface area contributed by atoms with Gasteiger partial charge in [0.2, 0.25) is 0 Å². The number of benzene rings is 2. The zero-order valence-electron chi connectivity index (χ0n) is 19.1. The fourth-order valence-electron chi connectivity index (χ4n) is 4.09. The second-order valence-corrected chi connectivity index (χ2v) is 8.51. The molecule has 0 aromatic heterocycles. The minimum atomic E-state index is -0.984. The van der Waals surface area contributed by atoms with Gasteiger partial charge in [-0.3, -0.25) is 14.5 Å². The smallest absolute Gasteiger partial charge is 0.320 e. The van der Waals surface area contributed by atoms with E-state index in [-0.39, 0.29) is 5.91 Å². The van der Waals surface area contributed by atoms with E-state index in [9.17, 15) is 14.7 Å². The van der Waals surface area contributed by atoms with E-state index in [0.29, 0.717) is 36.7 Å². The molecule has 1 atom stereocenters. The van der Waals surface area contributed by atoms with Gasteiger partial charge >= 0.3 is 5.97 Å². The Balaban J connectivity index is 1.73. The lowest BCUT2D eigenvalue weighted by Gasteiger charge is -2.31. The first-order valence-electron chi connectivity index (χ1n) is 11.4. The first-order chi connectivity index (χ1) is 16.0. The Bertz CT molecular complexity index is 930. The van der Waals surface area contributed by atoms with Crippen molar-refractivity contribution in [2.75, 3.05) is 38.6 Å². The van der Waals surface area contributed by atoms with Crippen molar-refractivity contribution in [2.24, 2.45) is 11.7 Å². The molecule has 3 rings (SSSR count). The van der Waals surface area contributed by atoms with Gasteiger partial charge in [0, 0.05) is 30.9 Å². The number of nitrogens with two attached hydrogens (primary N) is 1. The number of carboxylic acid groups (broad SMARTS) is 1. The van der Waals surface area contributed by atoms with Crippen LogP contribution in [0.25, 0.3) is 0 Å². The molecule has 1 saturated heterocycles. The Hall–Kier alpha value is -2.94. The van der Waals surface area contributed by atoms with Crippen molar-refractivity contribution < 1.29 is 19.4 Å². The van der Waals surface area contributed by atoms with Gasteiger partial charge in [0.25, 0.3) is 5.91 Å². The molecule has 1 heterocycles. The van der Waals surface area contributed by atoms with Gasteiger partial charge in [-0.25, -0.2) is 0 Å². The molecule has 8 nitrogen and oxygen atoms in total. The molecule has 0 unspecified atom stereocenters. The molecule has 33 heavy (non-hydrogen) atoms. The highest BCUT2D eigenvalue weighted by molar-refractivity contribution is 6.04. The zero-order valence-corrected chi connectivity index (χ0v) is 19.1. The highest BCUT2D eigenvalue weighted by Gasteiger charge is 2.20. The Morgan fingerprint density at radius 1 is 1.21 bits per heavy atom. The van der Waals surface area contributed by atoms with Crippen molar-refractivity contribution in [3.63, 3.8) is 0 Å². The number of methoxy groups -OCH3 is 1. The number of hydrogen-bond acceptors (Lipinski definition) is 6. The number of ether oxygens (including phenoxy) is 1. The number of para-hydroxylation sites is 1. The molecule has 0 spiro atoms. The van der Waals surface area contributed by atoms with Crippen LogP contribution in [-0.2, 0) is 11.3 Å². The summed E-state index contributed by atoms with van der Waals surface area (Å²) < 4.78 is 5.22. The maximum Gasteiger partial charge on any atom is 0.320 e. The van der Waals surface area contributed by atoms with E-state index in [0.717, 1.165) is 43.7 Å². The molecule has 0 radical (unpaired) electrons. The van der Waals surface area contributed by atoms with Crippen LogP contribution in [0.4, 0.5) is 5.69 Å². The number of piperidine rings is 1. The molecule has 8 heteroatoms. The number of carbonyl (C=O) groups is 2. The highest BCUT2D eigenvalue weighted by Crippen LogP contribution is 2.22. The summed E-state index contributed by atoms with van der Waals surface area (Å²) in [5.74, 6) is -0.0217. The van der Waals surface area contributed by atoms with Gasteiger partial charge in [-0.1, -0.05) is 24.3 Å². The van der Waals surface area contributed by atoms with Gasteiger partial charge in [-0.05, 0) is 68.1 Å². The predicted molar refractivity (Wildman–Crippen MR) is 128 cm³/mol. The van der Waals surface area contributed by atoms with E-state index in [1.807, 2.05) is 24.3 Å². The molecule has 1 aliphatic rings. The first kappa shape index (κ1) is 24.7. The molecular formula is C25H34N4O4. The SMILES string of the molecule is COc1cccc(C(=O)Nc2ccccc2CN(CC[C@H](N)C(=O)O)CC2CCNCC2)c1. The van der Waals surface area contributed by atoms with E-state index in [1.165, 1.54) is 0 Å². The monoisotopic (exact) mass is 454 g/mol. The minimum Gasteiger partial charge on any atom is -0.497 e. The number of rotatable bonds is 11. The van der Waals surface area contributed by atoms with Gasteiger partial charge in [-0.2, -0.15) is 0 Å². The molecule has 1 amide bonds. The molecule has 0 aliphatic carbocycles. The zero-order chi connectivity index (χ0) is 23.6. The minimum absolute atomic E-state index is 0.209. The number of carboxylic acids is 1. The molecule has 1 fully saturated rings. The van der Waals surface area contributed by atoms with Crippen LogP contribution in [0.15, 0.2) is 48.5 Å². The van der Waals surface area contributed by atoms with Crippen molar-refractivity contribution >= 4 is 17.6 Å². The van der Waals surface area contributed by atoms with Crippen LogP contribution in [0.5, 0.6) is 5.75 Å². The van der Waals surface area contributed by atoms with Crippen molar-refractivity contribution in [3.05, 3.63) is 59.7 Å². The molecule has 0 saturated carbocycles. The first-order valence-corrected chi connectivity index (χ1v) is 11.4. The van der Waals surface area contributed by atoms with Crippen molar-refractivity contribution in [3.8, 4) is 5.75 Å². The van der Waals surface area contributed by atoms with Gasteiger partial charge in [0.1, 0.15) is 11.8 Å². The Morgan fingerprint density at radius 2 is 1.97 bits per heavy atom. The van der Waals surface area contributed by atoms with Crippen molar-refractivity contribution in [2.45, 2.75) is 31.8 Å². The maximum atomic E-state index is 12.9. The largest absolute Gasteiger partial charge is 0.497 e. The number of nitrogens with zero attached hydrogens (tertiary/aromatic N) is 1. The number of hydrogen-bond donors (Lipinski definition) is 4. The third-order valence-corrected chi connectivity index (χ3v) is 6.04. The van der Waals surface area contributed by atoms with E-state index in [1.54, 1.807) is 31.4 Å². The summed E-state index contributed by atoms with van der Waals surface area (Å²) in [6.45, 7) is 4.05. The van der Waals surface area contributed by atoms with Gasteiger partial charge < -0.3 is 26.2 Å². The van der Waals surface area contributed by atoms with E-state index < -0.39 is 12.0 Å². The summed E-state index contributed by atoms with van der Waals surface area (Å²) in [5.41, 5.74) is 8.01. The summed E-state index contributed by atoms with van der Waals surface area (Å²) in [6, 6.07) is 13.9. The van der Waals surface area contributed by atoms with E-state index >= 15 is 0 Å². The van der Waals surface area contributed by atoms with Crippen LogP contribution in [0.3, 0.4) is 0 Å². The van der Waals surface area contributed by atoms with Crippen LogP contribution < -0.4 is 21.1 Å². The maximum absolute atomic E-state index is 12.9. The van der Waals surface area contributed by atoms with Crippen LogP contribution in [0.2, 0.25) is 0 Å². The Morgan fingerprint density at radius 3 is 2.70 bits per heavy atom. The van der Waals surface area contributed by atoms with Crippen LogP contribution >= 0.6 is 0 Å². The molecule has 178 valence electrons. The summed E-state index contributed by atoms with van der Waals surface area (Å²) in [5, 5.41) is 15.6. The lowest BCUT2D eigenvalue weighted by molar-refractivity contribution is -0.138. The van der Waals surface area contributed by atoms with Crippen molar-refractivity contribution in [1.82, 2.24) is 10.2 Å². The highest BCUT2D eigenvalue weighted by atomic mass is 16.5. The second-order valence-electron chi connectivity index (χ2n) is 8.51. The normalized spacial score (nSPS) is 15.2. The van der Waals surface area contributed by atoms with E-state index in [4.69, 9.17) is 10.5 Å². The third-order valence-electron chi connectivity index (χ3n) is 6.04. The van der Waals surface area contributed by atoms with Gasteiger partial charge in [0.15, 0.2) is 0 Å². The predicted octanol–water partition coefficient (Wildman–Crippen LogP) is 2.55. The lowest BCUT2D eigenvalue weighted by atomic mass is 9.97. The Kier molecular flexibility index (Phi) is 9.24. The number of aliphatic carboxylic acids is 1. The lowest BCUT2D eigenvalue weighted by Crippen LogP contribution is -2.39. The number of nitrogens with one attached hydrogen (secondary N) is 2. The van der Waals surface area contributed by atoms with Crippen LogP contribution in [0, 0.1) is 5.92 Å². The molecule has 2 aromatic rings. The average Bonchev–Trinajstić information content (AvgIpc) is 2.84. The summed E-state index contributed by atoms with van der Waals surface area (Å²) in [6.07, 6.45) is 2.56. The molecule has 5 N–H and O–H groups in total. The number of anilines is 1. The fourth-order valence-corrected chi connectivity index (χ4v) is 4.09. The second kappa shape index (κ2) is 12.3. The standard InChI is InChI=1S/C25H34N4O4/c1-33-21-7-4-6-19(15-21)24(30)28-23-8-3-2-5-20(23)17-29(14-11-22(26)25(31)32)16-18-9-12-27-13-10-18/h2-8,15,18,22,27H,9-14,16-17,26H2,1H3,(H,28,30)(H,31,32)/t22-/m0/s1. The summed E-state index contributed by atoms with van der Waals surface area (Å²) in [4.78, 5) is 26.3. The van der Waals surface area contributed by atoms with Crippen molar-refractivity contribution in [1.29, 1.82) is 0 Å². The van der Waals surface area contributed by atoms with Gasteiger partial charge in [0.05, 0.1) is 7.11 Å². The molecule has 1 aliphatic heterocycles. The quantitative estimate of drug-likeness (QED) is 0.412. The number of carbonyl (C=O) groups excluding carboxylic acids is 1. The molecular weight excluding hydrogens is 420 g/mol. The van der Waals surface area contributed by atoms with Gasteiger partial charge in [-0.15, -0.1) is 0 Å². The fraction of sp³-hybridized carbons (Fsp3) is 0.440. The molecule has 0 bridgehead atoms. The van der Waals surface area contributed by atoms with Crippen LogP contribution in [-0.4, -0.2) is 61.2 Å². The topological polar surface area (TPSA) is 117 Å². The Labute approximate surface area is 195 Å². The summed E-state index contributed by atoms with van der Waals surface area (Å²) in [7, 11) is 1.57.